The Morgan fingerprint density at radius 2 is 0.750 bits per heavy atom. The summed E-state index contributed by atoms with van der Waals surface area (Å²) < 4.78 is 13.4. The molecule has 10 aromatic carbocycles. The van der Waals surface area contributed by atoms with E-state index in [9.17, 15) is 0 Å². The van der Waals surface area contributed by atoms with Gasteiger partial charge in [-0.05, 0) is 48.5 Å². The molecular formula is C68H42N6OS. The Hall–Kier alpha value is -10.0. The summed E-state index contributed by atoms with van der Waals surface area (Å²) in [5.74, 6) is 1.31. The molecule has 0 radical (unpaired) electrons. The van der Waals surface area contributed by atoms with Crippen LogP contribution in [0.1, 0.15) is 0 Å². The molecular weight excluding hydrogens is 949 g/mol. The van der Waals surface area contributed by atoms with Gasteiger partial charge in [-0.2, -0.15) is 0 Å². The molecule has 76 heavy (non-hydrogen) atoms. The first-order chi connectivity index (χ1) is 37.7. The second-order valence-electron chi connectivity index (χ2n) is 18.9. The molecule has 8 heteroatoms. The number of para-hydroxylation sites is 3. The van der Waals surface area contributed by atoms with E-state index in [0.29, 0.717) is 11.9 Å². The van der Waals surface area contributed by atoms with Gasteiger partial charge in [0.25, 0.3) is 0 Å². The Labute approximate surface area is 439 Å². The summed E-state index contributed by atoms with van der Waals surface area (Å²) in [6.07, 6.45) is 0. The summed E-state index contributed by atoms with van der Waals surface area (Å²) in [5.41, 5.74) is 13.9. The van der Waals surface area contributed by atoms with Crippen LogP contribution in [0.25, 0.3) is 143 Å². The van der Waals surface area contributed by atoms with Crippen molar-refractivity contribution in [2.45, 2.75) is 0 Å². The number of thiophene rings is 1. The lowest BCUT2D eigenvalue weighted by Gasteiger charge is -2.12. The van der Waals surface area contributed by atoms with Gasteiger partial charge in [0, 0.05) is 64.7 Å². The van der Waals surface area contributed by atoms with Gasteiger partial charge in [-0.25, -0.2) is 19.9 Å². The number of rotatable bonds is 6. The van der Waals surface area contributed by atoms with Gasteiger partial charge in [0.05, 0.1) is 54.9 Å². The predicted molar refractivity (Wildman–Crippen MR) is 315 cm³/mol. The van der Waals surface area contributed by atoms with Crippen molar-refractivity contribution < 1.29 is 4.42 Å². The van der Waals surface area contributed by atoms with E-state index < -0.39 is 0 Å². The quantitative estimate of drug-likeness (QED) is 0.166. The molecule has 6 heterocycles. The monoisotopic (exact) mass is 990 g/mol. The number of fused-ring (bicyclic) bond motifs is 14. The van der Waals surface area contributed by atoms with E-state index in [4.69, 9.17) is 24.4 Å². The van der Waals surface area contributed by atoms with Crippen molar-refractivity contribution >= 4 is 97.1 Å². The molecule has 6 aromatic heterocycles. The lowest BCUT2D eigenvalue weighted by Crippen LogP contribution is -2.04. The van der Waals surface area contributed by atoms with Crippen LogP contribution in [0.15, 0.2) is 259 Å². The lowest BCUT2D eigenvalue weighted by molar-refractivity contribution is 0.673. The highest BCUT2D eigenvalue weighted by Crippen LogP contribution is 2.44. The molecule has 0 aliphatic rings. The second-order valence-corrected chi connectivity index (χ2v) is 20.0. The first-order valence-corrected chi connectivity index (χ1v) is 26.2. The topological polar surface area (TPSA) is 74.6 Å². The first-order valence-electron chi connectivity index (χ1n) is 25.4. The smallest absolute Gasteiger partial charge is 0.235 e. The molecule has 356 valence electrons. The third-order valence-electron chi connectivity index (χ3n) is 14.5. The zero-order chi connectivity index (χ0) is 50.1. The predicted octanol–water partition coefficient (Wildman–Crippen LogP) is 18.1. The SMILES string of the molecule is c1ccc(-c2cc(-c3ccccc3)nc(-n3c4ccccc4c4c5oc6ccccc6c5ccc43)n2)cc1.c1ccc(-c2cc(-c3ccccc3)nc(-n3c4ccccc4c4ccc5c6ccccc6sc5c43)n2)cc1. The summed E-state index contributed by atoms with van der Waals surface area (Å²) in [4.78, 5) is 20.6. The number of hydrogen-bond acceptors (Lipinski definition) is 6. The molecule has 0 fully saturated rings. The third-order valence-corrected chi connectivity index (χ3v) is 15.7. The number of nitrogens with zero attached hydrogens (tertiary/aromatic N) is 6. The van der Waals surface area contributed by atoms with Crippen LogP contribution >= 0.6 is 11.3 Å². The lowest BCUT2D eigenvalue weighted by atomic mass is 10.1. The van der Waals surface area contributed by atoms with Crippen LogP contribution < -0.4 is 0 Å². The number of aromatic nitrogens is 6. The summed E-state index contributed by atoms with van der Waals surface area (Å²) in [6, 6.07) is 88.2. The maximum Gasteiger partial charge on any atom is 0.235 e. The Morgan fingerprint density at radius 3 is 1.33 bits per heavy atom. The van der Waals surface area contributed by atoms with Crippen molar-refractivity contribution in [2.24, 2.45) is 0 Å². The molecule has 0 aliphatic heterocycles. The average molecular weight is 991 g/mol. The van der Waals surface area contributed by atoms with E-state index in [2.05, 4.69) is 203 Å². The van der Waals surface area contributed by atoms with E-state index in [-0.39, 0.29) is 0 Å². The van der Waals surface area contributed by atoms with E-state index >= 15 is 0 Å². The molecule has 0 atom stereocenters. The zero-order valence-electron chi connectivity index (χ0n) is 40.7. The van der Waals surface area contributed by atoms with Gasteiger partial charge in [-0.3, -0.25) is 9.13 Å². The molecule has 7 nitrogen and oxygen atoms in total. The first kappa shape index (κ1) is 43.6. The van der Waals surface area contributed by atoms with Crippen molar-refractivity contribution in [3.05, 3.63) is 255 Å². The maximum absolute atomic E-state index is 6.45. The standard InChI is InChI=1S/C34H21N3O.C34H21N3S/c1-3-11-22(12-4-1)27-21-28(23-13-5-2-6-14-23)36-34(35-27)37-29-17-9-7-16-26(29)32-30(37)20-19-25-24-15-8-10-18-31(24)38-33(25)32;1-3-11-22(12-4-1)28-21-29(23-13-5-2-6-14-23)36-34(35-28)37-30-17-9-7-15-24(30)26-19-20-27-25-16-8-10-18-31(25)38-33(27)32(26)37/h2*1-21H. The highest BCUT2D eigenvalue weighted by Gasteiger charge is 2.23. The Balaban J connectivity index is 0.000000133. The Kier molecular flexibility index (Phi) is 10.2. The van der Waals surface area contributed by atoms with Crippen molar-refractivity contribution in [2.75, 3.05) is 0 Å². The fraction of sp³-hybridized carbons (Fsp3) is 0. The highest BCUT2D eigenvalue weighted by molar-refractivity contribution is 7.26. The fourth-order valence-corrected chi connectivity index (χ4v) is 12.2. The van der Waals surface area contributed by atoms with E-state index in [1.807, 2.05) is 72.0 Å². The molecule has 16 rings (SSSR count). The Bertz CT molecular complexity index is 4750. The van der Waals surface area contributed by atoms with Crippen molar-refractivity contribution in [3.8, 4) is 56.9 Å². The van der Waals surface area contributed by atoms with Gasteiger partial charge in [0.2, 0.25) is 11.9 Å². The minimum absolute atomic E-state index is 0.631. The summed E-state index contributed by atoms with van der Waals surface area (Å²) in [7, 11) is 0. The van der Waals surface area contributed by atoms with Gasteiger partial charge in [0.1, 0.15) is 11.2 Å². The fourth-order valence-electron chi connectivity index (χ4n) is 11.0. The second kappa shape index (κ2) is 17.9. The molecule has 0 amide bonds. The molecule has 0 N–H and O–H groups in total. The van der Waals surface area contributed by atoms with Crippen molar-refractivity contribution in [3.63, 3.8) is 0 Å². The van der Waals surface area contributed by atoms with Crippen LogP contribution in [0.3, 0.4) is 0 Å². The van der Waals surface area contributed by atoms with Gasteiger partial charge in [-0.15, -0.1) is 11.3 Å². The minimum atomic E-state index is 0.631. The van der Waals surface area contributed by atoms with E-state index in [1.54, 1.807) is 0 Å². The number of furan rings is 1. The molecule has 0 spiro atoms. The van der Waals surface area contributed by atoms with Crippen LogP contribution in [0.2, 0.25) is 0 Å². The van der Waals surface area contributed by atoms with E-state index in [1.165, 1.54) is 30.9 Å². The van der Waals surface area contributed by atoms with Crippen LogP contribution in [0.4, 0.5) is 0 Å². The molecule has 0 saturated heterocycles. The van der Waals surface area contributed by atoms with Crippen molar-refractivity contribution in [1.82, 2.24) is 29.1 Å². The maximum atomic E-state index is 6.45. The highest BCUT2D eigenvalue weighted by atomic mass is 32.1. The minimum Gasteiger partial charge on any atom is -0.455 e. The number of benzene rings is 10. The van der Waals surface area contributed by atoms with Crippen LogP contribution in [-0.2, 0) is 0 Å². The van der Waals surface area contributed by atoms with Crippen LogP contribution in [-0.4, -0.2) is 29.1 Å². The molecule has 0 unspecified atom stereocenters. The summed E-state index contributed by atoms with van der Waals surface area (Å²) in [6.45, 7) is 0. The van der Waals surface area contributed by atoms with Gasteiger partial charge in [0.15, 0.2) is 0 Å². The van der Waals surface area contributed by atoms with Gasteiger partial charge < -0.3 is 4.42 Å². The average Bonchev–Trinajstić information content (AvgIpc) is 4.28. The largest absolute Gasteiger partial charge is 0.455 e. The molecule has 16 aromatic rings. The summed E-state index contributed by atoms with van der Waals surface area (Å²) >= 11 is 1.84. The summed E-state index contributed by atoms with van der Waals surface area (Å²) in [5, 5.41) is 9.40. The third kappa shape index (κ3) is 7.18. The normalized spacial score (nSPS) is 11.7. The van der Waals surface area contributed by atoms with E-state index in [0.717, 1.165) is 99.8 Å². The van der Waals surface area contributed by atoms with Gasteiger partial charge >= 0.3 is 0 Å². The van der Waals surface area contributed by atoms with Gasteiger partial charge in [-0.1, -0.05) is 206 Å². The molecule has 0 saturated carbocycles. The number of hydrogen-bond donors (Lipinski definition) is 0. The Morgan fingerprint density at radius 1 is 0.316 bits per heavy atom. The van der Waals surface area contributed by atoms with Crippen molar-refractivity contribution in [1.29, 1.82) is 0 Å². The molecule has 0 bridgehead atoms. The molecule has 0 aliphatic carbocycles. The zero-order valence-corrected chi connectivity index (χ0v) is 41.6. The van der Waals surface area contributed by atoms with Crippen LogP contribution in [0.5, 0.6) is 0 Å². The van der Waals surface area contributed by atoms with Crippen LogP contribution in [0, 0.1) is 0 Å².